The maximum atomic E-state index is 12.7. The number of carbonyl (C=O) groups excluding carboxylic acids is 1. The molecule has 2 atom stereocenters. The Morgan fingerprint density at radius 2 is 1.57 bits per heavy atom. The zero-order valence-corrected chi connectivity index (χ0v) is 12.9. The lowest BCUT2D eigenvalue weighted by molar-refractivity contribution is -0.123. The Kier molecular flexibility index (Phi) is 3.58. The van der Waals surface area contributed by atoms with Gasteiger partial charge in [-0.2, -0.15) is 0 Å². The highest BCUT2D eigenvalue weighted by molar-refractivity contribution is 6.03. The van der Waals surface area contributed by atoms with Crippen molar-refractivity contribution in [3.63, 3.8) is 0 Å². The SMILES string of the molecule is O=C(Nc1cccc2ccccc12)[C@@H]1CC[C@@H]1c1ccccc1. The molecule has 1 saturated carbocycles. The second-order valence-electron chi connectivity index (χ2n) is 6.22. The van der Waals surface area contributed by atoms with Crippen LogP contribution in [0.25, 0.3) is 10.8 Å². The summed E-state index contributed by atoms with van der Waals surface area (Å²) in [6.07, 6.45) is 2.06. The zero-order valence-electron chi connectivity index (χ0n) is 12.9. The van der Waals surface area contributed by atoms with Crippen molar-refractivity contribution in [1.82, 2.24) is 0 Å². The molecule has 1 aliphatic carbocycles. The number of rotatable bonds is 3. The third-order valence-electron chi connectivity index (χ3n) is 4.89. The summed E-state index contributed by atoms with van der Waals surface area (Å²) in [5.74, 6) is 0.573. The highest BCUT2D eigenvalue weighted by atomic mass is 16.1. The first kappa shape index (κ1) is 14.0. The van der Waals surface area contributed by atoms with Crippen molar-refractivity contribution in [3.8, 4) is 0 Å². The van der Waals surface area contributed by atoms with Gasteiger partial charge in [0, 0.05) is 17.0 Å². The molecular weight excluding hydrogens is 282 g/mol. The van der Waals surface area contributed by atoms with Gasteiger partial charge in [0.2, 0.25) is 5.91 Å². The van der Waals surface area contributed by atoms with Crippen molar-refractivity contribution < 1.29 is 4.79 Å². The van der Waals surface area contributed by atoms with Crippen LogP contribution in [0.5, 0.6) is 0 Å². The molecule has 4 rings (SSSR count). The summed E-state index contributed by atoms with van der Waals surface area (Å²) >= 11 is 0. The number of anilines is 1. The molecule has 23 heavy (non-hydrogen) atoms. The lowest BCUT2D eigenvalue weighted by Crippen LogP contribution is -2.35. The predicted molar refractivity (Wildman–Crippen MR) is 94.5 cm³/mol. The van der Waals surface area contributed by atoms with E-state index in [2.05, 4.69) is 35.6 Å². The number of hydrogen-bond acceptors (Lipinski definition) is 1. The predicted octanol–water partition coefficient (Wildman–Crippen LogP) is 4.97. The van der Waals surface area contributed by atoms with E-state index in [-0.39, 0.29) is 11.8 Å². The normalized spacial score (nSPS) is 20.0. The number of benzene rings is 3. The van der Waals surface area contributed by atoms with Crippen LogP contribution in [0.15, 0.2) is 72.8 Å². The first-order valence-corrected chi connectivity index (χ1v) is 8.16. The van der Waals surface area contributed by atoms with Gasteiger partial charge in [0.15, 0.2) is 0 Å². The summed E-state index contributed by atoms with van der Waals surface area (Å²) in [6.45, 7) is 0. The van der Waals surface area contributed by atoms with Crippen LogP contribution in [0.2, 0.25) is 0 Å². The van der Waals surface area contributed by atoms with E-state index in [1.165, 1.54) is 5.56 Å². The standard InChI is InChI=1S/C21H19NO/c23-21(19-14-13-17(19)15-7-2-1-3-8-15)22-20-12-6-10-16-9-4-5-11-18(16)20/h1-12,17,19H,13-14H2,(H,22,23)/t17-,19-/m1/s1. The topological polar surface area (TPSA) is 29.1 Å². The van der Waals surface area contributed by atoms with E-state index in [0.29, 0.717) is 5.92 Å². The molecule has 114 valence electrons. The Balaban J connectivity index is 1.56. The number of hydrogen-bond donors (Lipinski definition) is 1. The van der Waals surface area contributed by atoms with Gasteiger partial charge in [-0.3, -0.25) is 4.79 Å². The molecule has 0 spiro atoms. The molecule has 0 aromatic heterocycles. The molecule has 3 aromatic carbocycles. The third-order valence-corrected chi connectivity index (χ3v) is 4.89. The van der Waals surface area contributed by atoms with Crippen molar-refractivity contribution in [1.29, 1.82) is 0 Å². The van der Waals surface area contributed by atoms with Crippen LogP contribution >= 0.6 is 0 Å². The minimum atomic E-state index is 0.0800. The van der Waals surface area contributed by atoms with E-state index in [4.69, 9.17) is 0 Å². The summed E-state index contributed by atoms with van der Waals surface area (Å²) in [4.78, 5) is 12.7. The summed E-state index contributed by atoms with van der Waals surface area (Å²) in [5.41, 5.74) is 2.18. The van der Waals surface area contributed by atoms with Crippen LogP contribution in [0.3, 0.4) is 0 Å². The largest absolute Gasteiger partial charge is 0.325 e. The molecule has 0 bridgehead atoms. The molecule has 3 aromatic rings. The monoisotopic (exact) mass is 301 g/mol. The molecule has 0 unspecified atom stereocenters. The molecule has 1 aliphatic rings. The second-order valence-corrected chi connectivity index (χ2v) is 6.22. The fourth-order valence-electron chi connectivity index (χ4n) is 3.47. The Bertz CT molecular complexity index is 835. The fraction of sp³-hybridized carbons (Fsp3) is 0.190. The van der Waals surface area contributed by atoms with Gasteiger partial charge in [0.25, 0.3) is 0 Å². The zero-order chi connectivity index (χ0) is 15.6. The molecule has 0 radical (unpaired) electrons. The minimum absolute atomic E-state index is 0.0800. The number of carbonyl (C=O) groups is 1. The van der Waals surface area contributed by atoms with Crippen LogP contribution in [0, 0.1) is 5.92 Å². The van der Waals surface area contributed by atoms with E-state index in [9.17, 15) is 4.79 Å². The molecule has 1 fully saturated rings. The second kappa shape index (κ2) is 5.88. The molecular formula is C21H19NO. The maximum Gasteiger partial charge on any atom is 0.228 e. The van der Waals surface area contributed by atoms with Gasteiger partial charge in [-0.1, -0.05) is 66.7 Å². The summed E-state index contributed by atoms with van der Waals surface area (Å²) in [5, 5.41) is 5.40. The van der Waals surface area contributed by atoms with Gasteiger partial charge in [-0.05, 0) is 35.8 Å². The molecule has 1 N–H and O–H groups in total. The highest BCUT2D eigenvalue weighted by Gasteiger charge is 2.37. The molecule has 2 heteroatoms. The van der Waals surface area contributed by atoms with Crippen LogP contribution in [0.4, 0.5) is 5.69 Å². The quantitative estimate of drug-likeness (QED) is 0.727. The van der Waals surface area contributed by atoms with Crippen molar-refractivity contribution in [2.75, 3.05) is 5.32 Å². The van der Waals surface area contributed by atoms with Crippen LogP contribution in [-0.4, -0.2) is 5.91 Å². The van der Waals surface area contributed by atoms with Gasteiger partial charge in [-0.15, -0.1) is 0 Å². The van der Waals surface area contributed by atoms with E-state index < -0.39 is 0 Å². The summed E-state index contributed by atoms with van der Waals surface area (Å²) < 4.78 is 0. The third kappa shape index (κ3) is 2.61. The molecule has 1 amide bonds. The van der Waals surface area contributed by atoms with Gasteiger partial charge < -0.3 is 5.32 Å². The van der Waals surface area contributed by atoms with Crippen LogP contribution in [0.1, 0.15) is 24.3 Å². The number of fused-ring (bicyclic) bond motifs is 1. The maximum absolute atomic E-state index is 12.7. The Morgan fingerprint density at radius 1 is 0.826 bits per heavy atom. The van der Waals surface area contributed by atoms with Gasteiger partial charge in [0.05, 0.1) is 0 Å². The Hall–Kier alpha value is -2.61. The molecule has 2 nitrogen and oxygen atoms in total. The number of nitrogens with one attached hydrogen (secondary N) is 1. The summed E-state index contributed by atoms with van der Waals surface area (Å²) in [6, 6.07) is 24.6. The van der Waals surface area contributed by atoms with Gasteiger partial charge >= 0.3 is 0 Å². The van der Waals surface area contributed by atoms with Crippen LogP contribution in [-0.2, 0) is 4.79 Å². The fourth-order valence-corrected chi connectivity index (χ4v) is 3.47. The minimum Gasteiger partial charge on any atom is -0.325 e. The van der Waals surface area contributed by atoms with Crippen molar-refractivity contribution in [3.05, 3.63) is 78.4 Å². The lowest BCUT2D eigenvalue weighted by Gasteiger charge is -2.35. The highest BCUT2D eigenvalue weighted by Crippen LogP contribution is 2.43. The molecule has 0 saturated heterocycles. The van der Waals surface area contributed by atoms with E-state index in [0.717, 1.165) is 29.3 Å². The molecule has 0 heterocycles. The number of amides is 1. The van der Waals surface area contributed by atoms with Crippen molar-refractivity contribution >= 4 is 22.4 Å². The van der Waals surface area contributed by atoms with Gasteiger partial charge in [0.1, 0.15) is 0 Å². The smallest absolute Gasteiger partial charge is 0.228 e. The Morgan fingerprint density at radius 3 is 2.35 bits per heavy atom. The van der Waals surface area contributed by atoms with Crippen LogP contribution < -0.4 is 5.32 Å². The van der Waals surface area contributed by atoms with Crippen molar-refractivity contribution in [2.45, 2.75) is 18.8 Å². The first-order valence-electron chi connectivity index (χ1n) is 8.16. The average molecular weight is 301 g/mol. The Labute approximate surface area is 136 Å². The van der Waals surface area contributed by atoms with E-state index >= 15 is 0 Å². The first-order chi connectivity index (χ1) is 11.3. The van der Waals surface area contributed by atoms with Crippen molar-refractivity contribution in [2.24, 2.45) is 5.92 Å². The summed E-state index contributed by atoms with van der Waals surface area (Å²) in [7, 11) is 0. The lowest BCUT2D eigenvalue weighted by atomic mass is 9.69. The van der Waals surface area contributed by atoms with E-state index in [1.807, 2.05) is 42.5 Å². The van der Waals surface area contributed by atoms with Gasteiger partial charge in [-0.25, -0.2) is 0 Å². The average Bonchev–Trinajstić information content (AvgIpc) is 2.55. The molecule has 0 aliphatic heterocycles. The van der Waals surface area contributed by atoms with E-state index in [1.54, 1.807) is 0 Å².